The fourth-order valence-corrected chi connectivity index (χ4v) is 5.67. The van der Waals surface area contributed by atoms with Crippen LogP contribution in [0.5, 0.6) is 0 Å². The second kappa shape index (κ2) is 27.1. The summed E-state index contributed by atoms with van der Waals surface area (Å²) in [7, 11) is 7.60. The summed E-state index contributed by atoms with van der Waals surface area (Å²) in [5.41, 5.74) is 0. The Balaban J connectivity index is 0.000000755. The zero-order chi connectivity index (χ0) is 28.4. The molecule has 4 unspecified atom stereocenters. The quantitative estimate of drug-likeness (QED) is 0.0907. The molecule has 4 heteroatoms. The highest BCUT2D eigenvalue weighted by Crippen LogP contribution is 2.33. The average Bonchev–Trinajstić information content (AvgIpc) is 3.22. The summed E-state index contributed by atoms with van der Waals surface area (Å²) < 4.78 is 16.8. The van der Waals surface area contributed by atoms with Gasteiger partial charge in [0.15, 0.2) is 0 Å². The summed E-state index contributed by atoms with van der Waals surface area (Å²) in [6, 6.07) is -0.335. The molecule has 1 rings (SSSR count). The first-order chi connectivity index (χ1) is 18.4. The van der Waals surface area contributed by atoms with Crippen molar-refractivity contribution in [3.63, 3.8) is 0 Å². The molecule has 2 radical (unpaired) electrons. The molecule has 0 aliphatic carbocycles. The lowest BCUT2D eigenvalue weighted by molar-refractivity contribution is -0.0329. The van der Waals surface area contributed by atoms with Crippen molar-refractivity contribution in [3.05, 3.63) is 0 Å². The van der Waals surface area contributed by atoms with E-state index in [1.165, 1.54) is 128 Å². The van der Waals surface area contributed by atoms with E-state index in [0.29, 0.717) is 18.4 Å². The Morgan fingerprint density at radius 1 is 0.605 bits per heavy atom. The maximum absolute atomic E-state index is 5.91. The van der Waals surface area contributed by atoms with Gasteiger partial charge in [0.05, 0.1) is 24.9 Å². The molecule has 0 amide bonds. The van der Waals surface area contributed by atoms with E-state index in [9.17, 15) is 0 Å². The van der Waals surface area contributed by atoms with Gasteiger partial charge in [0.2, 0.25) is 0 Å². The topological polar surface area (TPSA) is 27.7 Å². The zero-order valence-corrected chi connectivity index (χ0v) is 27.1. The van der Waals surface area contributed by atoms with E-state index in [0.717, 1.165) is 0 Å². The fourth-order valence-electron chi connectivity index (χ4n) is 5.67. The maximum atomic E-state index is 5.91. The number of methoxy groups -OCH3 is 1. The van der Waals surface area contributed by atoms with E-state index < -0.39 is 0 Å². The number of hydrogen-bond donors (Lipinski definition) is 0. The molecule has 226 valence electrons. The Labute approximate surface area is 241 Å². The number of ether oxygens (including phenoxy) is 3. The number of unbranched alkanes of at least 4 members (excludes halogenated alkanes) is 19. The lowest BCUT2D eigenvalue weighted by atomic mass is 9.81. The van der Waals surface area contributed by atoms with Gasteiger partial charge in [-0.25, -0.2) is 0 Å². The zero-order valence-electron chi connectivity index (χ0n) is 27.1. The molecule has 1 aliphatic heterocycles. The van der Waals surface area contributed by atoms with Crippen molar-refractivity contribution in [1.29, 1.82) is 0 Å². The lowest BCUT2D eigenvalue weighted by Crippen LogP contribution is -2.35. The minimum atomic E-state index is -0.335. The van der Waals surface area contributed by atoms with E-state index in [1.54, 1.807) is 7.11 Å². The molecular weight excluding hydrogens is 467 g/mol. The molecule has 0 aromatic carbocycles. The summed E-state index contributed by atoms with van der Waals surface area (Å²) in [6.45, 7) is 13.6. The second-order valence-corrected chi connectivity index (χ2v) is 12.4. The molecule has 4 atom stereocenters. The fraction of sp³-hybridized carbons (Fsp3) is 1.00. The minimum absolute atomic E-state index is 0.0271. The first-order valence-electron chi connectivity index (χ1n) is 16.9. The SMILES string of the molecule is CCCCCCCCCCCCCCCCCCCCCC.[B]C1OC(COC(C)C)C(C(C)C)C1OC. The third kappa shape index (κ3) is 20.8. The van der Waals surface area contributed by atoms with Gasteiger partial charge in [-0.15, -0.1) is 0 Å². The van der Waals surface area contributed by atoms with Crippen LogP contribution in [0.15, 0.2) is 0 Å². The number of hydrogen-bond acceptors (Lipinski definition) is 3. The smallest absolute Gasteiger partial charge is 0.112 e. The van der Waals surface area contributed by atoms with Gasteiger partial charge in [0, 0.05) is 19.0 Å². The first-order valence-corrected chi connectivity index (χ1v) is 16.9. The van der Waals surface area contributed by atoms with Crippen LogP contribution in [0, 0.1) is 11.8 Å². The van der Waals surface area contributed by atoms with Gasteiger partial charge in [0.25, 0.3) is 0 Å². The highest BCUT2D eigenvalue weighted by atomic mass is 16.6. The van der Waals surface area contributed by atoms with Crippen molar-refractivity contribution in [1.82, 2.24) is 0 Å². The monoisotopic (exact) mass is 537 g/mol. The summed E-state index contributed by atoms with van der Waals surface area (Å²) in [5, 5.41) is 0. The van der Waals surface area contributed by atoms with Gasteiger partial charge in [0.1, 0.15) is 7.85 Å². The van der Waals surface area contributed by atoms with Crippen molar-refractivity contribution in [3.8, 4) is 0 Å². The summed E-state index contributed by atoms with van der Waals surface area (Å²) in [4.78, 5) is 0. The van der Waals surface area contributed by atoms with Crippen molar-refractivity contribution >= 4 is 7.85 Å². The molecule has 0 aromatic heterocycles. The molecule has 1 fully saturated rings. The van der Waals surface area contributed by atoms with Gasteiger partial charge >= 0.3 is 0 Å². The van der Waals surface area contributed by atoms with Gasteiger partial charge < -0.3 is 14.2 Å². The Morgan fingerprint density at radius 2 is 0.947 bits per heavy atom. The molecule has 0 saturated carbocycles. The van der Waals surface area contributed by atoms with Crippen LogP contribution in [-0.2, 0) is 14.2 Å². The predicted molar refractivity (Wildman–Crippen MR) is 168 cm³/mol. The van der Waals surface area contributed by atoms with E-state index >= 15 is 0 Å². The minimum Gasteiger partial charge on any atom is -0.379 e. The average molecular weight is 537 g/mol. The summed E-state index contributed by atoms with van der Waals surface area (Å²) in [5.74, 6) is 0.776. The molecule has 1 aliphatic rings. The van der Waals surface area contributed by atoms with Gasteiger partial charge in [-0.05, 0) is 19.8 Å². The molecule has 0 N–H and O–H groups in total. The van der Waals surface area contributed by atoms with Gasteiger partial charge in [-0.3, -0.25) is 0 Å². The Kier molecular flexibility index (Phi) is 27.1. The highest BCUT2D eigenvalue weighted by molar-refractivity contribution is 6.11. The largest absolute Gasteiger partial charge is 0.379 e. The molecule has 0 aromatic rings. The highest BCUT2D eigenvalue weighted by Gasteiger charge is 2.43. The summed E-state index contributed by atoms with van der Waals surface area (Å²) in [6.07, 6.45) is 29.6. The van der Waals surface area contributed by atoms with Crippen molar-refractivity contribution < 1.29 is 14.2 Å². The third-order valence-corrected chi connectivity index (χ3v) is 8.06. The van der Waals surface area contributed by atoms with Crippen LogP contribution in [0.3, 0.4) is 0 Å². The van der Waals surface area contributed by atoms with E-state index in [2.05, 4.69) is 27.7 Å². The second-order valence-electron chi connectivity index (χ2n) is 12.4. The van der Waals surface area contributed by atoms with Crippen molar-refractivity contribution in [2.24, 2.45) is 11.8 Å². The van der Waals surface area contributed by atoms with Gasteiger partial charge in [-0.1, -0.05) is 156 Å². The normalized spacial score (nSPS) is 21.3. The first kappa shape index (κ1) is 37.9. The van der Waals surface area contributed by atoms with Crippen LogP contribution < -0.4 is 0 Å². The van der Waals surface area contributed by atoms with E-state index in [1.807, 2.05) is 13.8 Å². The van der Waals surface area contributed by atoms with Crippen LogP contribution >= 0.6 is 0 Å². The predicted octanol–water partition coefficient (Wildman–Crippen LogP) is 10.4. The number of rotatable bonds is 24. The molecule has 0 bridgehead atoms. The third-order valence-electron chi connectivity index (χ3n) is 8.06. The molecule has 3 nitrogen and oxygen atoms in total. The van der Waals surface area contributed by atoms with E-state index in [-0.39, 0.29) is 24.3 Å². The van der Waals surface area contributed by atoms with Crippen LogP contribution in [0.25, 0.3) is 0 Å². The van der Waals surface area contributed by atoms with Gasteiger partial charge in [-0.2, -0.15) is 0 Å². The Morgan fingerprint density at radius 3 is 1.21 bits per heavy atom. The molecular formula is C34H69BO3. The Bertz CT molecular complexity index is 451. The Hall–Kier alpha value is -0.0551. The van der Waals surface area contributed by atoms with Crippen LogP contribution in [0.1, 0.15) is 170 Å². The molecule has 38 heavy (non-hydrogen) atoms. The molecule has 1 heterocycles. The standard InChI is InChI=1S/C22H46.C12H23BO3/c1-3-5-7-9-11-13-15-17-19-21-22-20-18-16-14-12-10-8-6-4-2;1-7(2)10-9(6-15-8(3)4)16-12(13)11(10)14-5/h3-22H2,1-2H3;7-12H,6H2,1-5H3. The van der Waals surface area contributed by atoms with Crippen LogP contribution in [-0.4, -0.2) is 45.9 Å². The van der Waals surface area contributed by atoms with E-state index in [4.69, 9.17) is 22.1 Å². The van der Waals surface area contributed by atoms with Crippen LogP contribution in [0.2, 0.25) is 0 Å². The van der Waals surface area contributed by atoms with Crippen molar-refractivity contribution in [2.75, 3.05) is 13.7 Å². The van der Waals surface area contributed by atoms with Crippen molar-refractivity contribution in [2.45, 2.75) is 194 Å². The maximum Gasteiger partial charge on any atom is 0.112 e. The summed E-state index contributed by atoms with van der Waals surface area (Å²) >= 11 is 0. The lowest BCUT2D eigenvalue weighted by Gasteiger charge is -2.26. The molecule has 0 spiro atoms. The molecule has 1 saturated heterocycles. The van der Waals surface area contributed by atoms with Crippen LogP contribution in [0.4, 0.5) is 0 Å².